The lowest BCUT2D eigenvalue weighted by molar-refractivity contribution is 0.415. The number of nitrogens with two attached hydrogens (primary N) is 2. The number of nitrogens with one attached hydrogen (secondary N) is 1. The number of methoxy groups -OCH3 is 1. The summed E-state index contributed by atoms with van der Waals surface area (Å²) in [6.45, 7) is 2.42. The highest BCUT2D eigenvalue weighted by molar-refractivity contribution is 7.92. The molecule has 5 N–H and O–H groups in total. The first kappa shape index (κ1) is 25.1. The Morgan fingerprint density at radius 2 is 1.74 bits per heavy atom. The van der Waals surface area contributed by atoms with Gasteiger partial charge in [-0.3, -0.25) is 14.7 Å². The van der Waals surface area contributed by atoms with Crippen LogP contribution in [0.3, 0.4) is 0 Å². The van der Waals surface area contributed by atoms with E-state index in [1.54, 1.807) is 48.8 Å². The molecule has 0 bridgehead atoms. The molecule has 1 unspecified atom stereocenters. The minimum atomic E-state index is -3.69. The summed E-state index contributed by atoms with van der Waals surface area (Å²) in [5.41, 5.74) is 14.0. The maximum absolute atomic E-state index is 12.6. The Morgan fingerprint density at radius 3 is 2.38 bits per heavy atom. The van der Waals surface area contributed by atoms with Crippen molar-refractivity contribution in [3.05, 3.63) is 90.4 Å². The molecule has 0 aliphatic carbocycles. The molecule has 34 heavy (non-hydrogen) atoms. The molecular formula is C25H29N5O3S. The van der Waals surface area contributed by atoms with E-state index in [1.165, 1.54) is 7.11 Å². The highest BCUT2D eigenvalue weighted by Gasteiger charge is 2.16. The summed E-state index contributed by atoms with van der Waals surface area (Å²) < 4.78 is 33.0. The smallest absolute Gasteiger partial charge is 0.261 e. The molecule has 4 aromatic rings. The Balaban J connectivity index is 0.000000248. The predicted octanol–water partition coefficient (Wildman–Crippen LogP) is 3.26. The zero-order valence-corrected chi connectivity index (χ0v) is 20.0. The van der Waals surface area contributed by atoms with E-state index in [0.717, 1.165) is 23.1 Å². The standard InChI is InChI=1S/C17H16N2O3S.C8H13N3/c1-12-5-7-15(8-6-12)23(20,21)19-16-11-14(22-2)10-13-4-3-9-18-17(13)16;9-6-7(10)5-8-3-1-2-4-11-8/h3-11,19H,1-2H3;1-4,7H,5-6,9-10H2. The fourth-order valence-corrected chi connectivity index (χ4v) is 4.21. The molecule has 2 aromatic heterocycles. The first-order valence-corrected chi connectivity index (χ1v) is 12.2. The van der Waals surface area contributed by atoms with Gasteiger partial charge in [0, 0.05) is 48.5 Å². The van der Waals surface area contributed by atoms with Crippen molar-refractivity contribution in [3.8, 4) is 5.75 Å². The molecule has 178 valence electrons. The lowest BCUT2D eigenvalue weighted by atomic mass is 10.1. The summed E-state index contributed by atoms with van der Waals surface area (Å²) in [4.78, 5) is 8.60. The van der Waals surface area contributed by atoms with E-state index in [2.05, 4.69) is 14.7 Å². The lowest BCUT2D eigenvalue weighted by Crippen LogP contribution is -2.31. The maximum atomic E-state index is 12.6. The van der Waals surface area contributed by atoms with Crippen LogP contribution in [-0.4, -0.2) is 38.1 Å². The SMILES string of the molecule is COc1cc(NS(=O)(=O)c2ccc(C)cc2)c2ncccc2c1.NCC(N)Cc1ccccn1. The summed E-state index contributed by atoms with van der Waals surface area (Å²) >= 11 is 0. The van der Waals surface area contributed by atoms with Gasteiger partial charge in [-0.15, -0.1) is 0 Å². The van der Waals surface area contributed by atoms with Crippen molar-refractivity contribution >= 4 is 26.6 Å². The van der Waals surface area contributed by atoms with Gasteiger partial charge in [0.25, 0.3) is 10.0 Å². The van der Waals surface area contributed by atoms with E-state index in [0.29, 0.717) is 23.5 Å². The molecule has 0 saturated carbocycles. The number of nitrogens with zero attached hydrogens (tertiary/aromatic N) is 2. The molecule has 0 saturated heterocycles. The van der Waals surface area contributed by atoms with E-state index in [1.807, 2.05) is 37.3 Å². The summed E-state index contributed by atoms with van der Waals surface area (Å²) in [6, 6.07) is 19.6. The molecular weight excluding hydrogens is 450 g/mol. The van der Waals surface area contributed by atoms with Gasteiger partial charge in [0.1, 0.15) is 5.75 Å². The van der Waals surface area contributed by atoms with Crippen LogP contribution in [0.25, 0.3) is 10.9 Å². The Bertz CT molecular complexity index is 1310. The number of anilines is 1. The fraction of sp³-hybridized carbons (Fsp3) is 0.200. The number of pyridine rings is 2. The van der Waals surface area contributed by atoms with Gasteiger partial charge in [0.05, 0.1) is 23.2 Å². The molecule has 0 spiro atoms. The van der Waals surface area contributed by atoms with Crippen LogP contribution in [0, 0.1) is 6.92 Å². The second kappa shape index (κ2) is 11.6. The molecule has 0 aliphatic rings. The van der Waals surface area contributed by atoms with Gasteiger partial charge in [0.15, 0.2) is 0 Å². The van der Waals surface area contributed by atoms with Crippen LogP contribution in [0.15, 0.2) is 84.0 Å². The Labute approximate surface area is 200 Å². The van der Waals surface area contributed by atoms with Gasteiger partial charge >= 0.3 is 0 Å². The molecule has 1 atom stereocenters. The molecule has 0 aliphatic heterocycles. The highest BCUT2D eigenvalue weighted by atomic mass is 32.2. The second-order valence-electron chi connectivity index (χ2n) is 7.69. The Morgan fingerprint density at radius 1 is 1.00 bits per heavy atom. The third kappa shape index (κ3) is 6.74. The van der Waals surface area contributed by atoms with E-state index in [4.69, 9.17) is 16.2 Å². The molecule has 9 heteroatoms. The molecule has 2 aromatic carbocycles. The largest absolute Gasteiger partial charge is 0.497 e. The zero-order valence-electron chi connectivity index (χ0n) is 19.2. The second-order valence-corrected chi connectivity index (χ2v) is 9.37. The normalized spacial score (nSPS) is 11.9. The maximum Gasteiger partial charge on any atom is 0.261 e. The summed E-state index contributed by atoms with van der Waals surface area (Å²) in [5, 5.41) is 0.799. The van der Waals surface area contributed by atoms with Crippen molar-refractivity contribution in [2.45, 2.75) is 24.3 Å². The van der Waals surface area contributed by atoms with Crippen LogP contribution in [0.5, 0.6) is 5.75 Å². The zero-order chi connectivity index (χ0) is 24.6. The van der Waals surface area contributed by atoms with Gasteiger partial charge in [-0.25, -0.2) is 8.42 Å². The molecule has 2 heterocycles. The monoisotopic (exact) mass is 479 g/mol. The number of hydrogen-bond acceptors (Lipinski definition) is 7. The quantitative estimate of drug-likeness (QED) is 0.370. The third-order valence-corrected chi connectivity index (χ3v) is 6.37. The van der Waals surface area contributed by atoms with E-state index in [-0.39, 0.29) is 10.9 Å². The minimum absolute atomic E-state index is 0.0323. The number of rotatable bonds is 7. The van der Waals surface area contributed by atoms with Crippen LogP contribution in [0.4, 0.5) is 5.69 Å². The van der Waals surface area contributed by atoms with Gasteiger partial charge < -0.3 is 16.2 Å². The van der Waals surface area contributed by atoms with Crippen molar-refractivity contribution < 1.29 is 13.2 Å². The summed E-state index contributed by atoms with van der Waals surface area (Å²) in [6.07, 6.45) is 4.15. The van der Waals surface area contributed by atoms with Crippen LogP contribution in [0.2, 0.25) is 0 Å². The summed E-state index contributed by atoms with van der Waals surface area (Å²) in [5.74, 6) is 0.562. The van der Waals surface area contributed by atoms with Crippen molar-refractivity contribution in [1.82, 2.24) is 9.97 Å². The van der Waals surface area contributed by atoms with Gasteiger partial charge in [-0.1, -0.05) is 29.8 Å². The fourth-order valence-electron chi connectivity index (χ4n) is 3.15. The average molecular weight is 480 g/mol. The number of aryl methyl sites for hydroxylation is 1. The van der Waals surface area contributed by atoms with Crippen molar-refractivity contribution in [2.24, 2.45) is 11.5 Å². The van der Waals surface area contributed by atoms with Crippen LogP contribution in [0.1, 0.15) is 11.3 Å². The predicted molar refractivity (Wildman–Crippen MR) is 135 cm³/mol. The Kier molecular flexibility index (Phi) is 8.53. The third-order valence-electron chi connectivity index (χ3n) is 4.99. The van der Waals surface area contributed by atoms with Crippen LogP contribution >= 0.6 is 0 Å². The lowest BCUT2D eigenvalue weighted by Gasteiger charge is -2.12. The van der Waals surface area contributed by atoms with Crippen molar-refractivity contribution in [1.29, 1.82) is 0 Å². The first-order valence-electron chi connectivity index (χ1n) is 10.7. The Hall–Kier alpha value is -3.53. The molecule has 4 rings (SSSR count). The van der Waals surface area contributed by atoms with Crippen LogP contribution < -0.4 is 20.9 Å². The highest BCUT2D eigenvalue weighted by Crippen LogP contribution is 2.29. The molecule has 8 nitrogen and oxygen atoms in total. The molecule has 0 radical (unpaired) electrons. The van der Waals surface area contributed by atoms with Gasteiger partial charge in [0.2, 0.25) is 0 Å². The van der Waals surface area contributed by atoms with E-state index in [9.17, 15) is 8.42 Å². The number of hydrogen-bond donors (Lipinski definition) is 3. The topological polar surface area (TPSA) is 133 Å². The average Bonchev–Trinajstić information content (AvgIpc) is 2.85. The van der Waals surface area contributed by atoms with Crippen molar-refractivity contribution in [3.63, 3.8) is 0 Å². The van der Waals surface area contributed by atoms with E-state index >= 15 is 0 Å². The van der Waals surface area contributed by atoms with Gasteiger partial charge in [-0.05, 0) is 43.3 Å². The number of fused-ring (bicyclic) bond motifs is 1. The minimum Gasteiger partial charge on any atom is -0.497 e. The number of benzene rings is 2. The summed E-state index contributed by atoms with van der Waals surface area (Å²) in [7, 11) is -2.15. The van der Waals surface area contributed by atoms with E-state index < -0.39 is 10.0 Å². The van der Waals surface area contributed by atoms with Crippen LogP contribution in [-0.2, 0) is 16.4 Å². The van der Waals surface area contributed by atoms with Crippen molar-refractivity contribution in [2.75, 3.05) is 18.4 Å². The molecule has 0 amide bonds. The molecule has 0 fully saturated rings. The number of sulfonamides is 1. The number of ether oxygens (including phenoxy) is 1. The number of aromatic nitrogens is 2. The van der Waals surface area contributed by atoms with Gasteiger partial charge in [-0.2, -0.15) is 0 Å². The first-order chi connectivity index (χ1) is 16.3.